The molecule has 1 rings (SSSR count). The van der Waals surface area contributed by atoms with Gasteiger partial charge in [-0.3, -0.25) is 4.79 Å². The Hall–Kier alpha value is -1.33. The quantitative estimate of drug-likeness (QED) is 0.0735. The van der Waals surface area contributed by atoms with Crippen molar-refractivity contribution in [2.75, 3.05) is 19.8 Å². The second kappa shape index (κ2) is 15.6. The molecule has 0 spiro atoms. The predicted molar refractivity (Wildman–Crippen MR) is 129 cm³/mol. The average Bonchev–Trinajstić information content (AvgIpc) is 3.06. The Kier molecular flexibility index (Phi) is 14.1. The lowest BCUT2D eigenvalue weighted by Crippen LogP contribution is -2.52. The molecule has 198 valence electrons. The first kappa shape index (κ1) is 30.7. The molecule has 0 aromatic carbocycles. The van der Waals surface area contributed by atoms with Gasteiger partial charge in [-0.05, 0) is 38.5 Å². The number of rotatable bonds is 18. The standard InChI is InChI=1S/C25H45NO8/c1-3-4-9-13-24(2,34-33-18-25(26,16-27)17-28)14-12-20-19(21(29)15-22(20)30)10-7-5-6-8-11-23(31)32/h5,7,12,14,19-22,27-30H,3-4,6,8-11,13,15-18,26H2,1-2H3,(H,31,32)/b7-5-,14-12+/t19-,20-,21+,22-,24+/m1/s1. The van der Waals surface area contributed by atoms with E-state index in [0.29, 0.717) is 32.1 Å². The molecule has 0 aromatic rings. The lowest BCUT2D eigenvalue weighted by Gasteiger charge is -2.29. The van der Waals surface area contributed by atoms with E-state index >= 15 is 0 Å². The first-order chi connectivity index (χ1) is 16.1. The van der Waals surface area contributed by atoms with Crippen LogP contribution in [0, 0.1) is 11.8 Å². The molecular weight excluding hydrogens is 442 g/mol. The first-order valence-corrected chi connectivity index (χ1v) is 12.3. The molecule has 0 bridgehead atoms. The Morgan fingerprint density at radius 3 is 2.44 bits per heavy atom. The highest BCUT2D eigenvalue weighted by atomic mass is 17.2. The molecule has 1 saturated carbocycles. The Labute approximate surface area is 203 Å². The van der Waals surface area contributed by atoms with Gasteiger partial charge < -0.3 is 31.3 Å². The number of allylic oxidation sites excluding steroid dienone is 2. The Morgan fingerprint density at radius 2 is 1.82 bits per heavy atom. The fourth-order valence-electron chi connectivity index (χ4n) is 4.06. The average molecular weight is 488 g/mol. The molecule has 5 atom stereocenters. The summed E-state index contributed by atoms with van der Waals surface area (Å²) in [5.41, 5.74) is 3.73. The van der Waals surface area contributed by atoms with E-state index in [1.807, 2.05) is 31.2 Å². The summed E-state index contributed by atoms with van der Waals surface area (Å²) in [7, 11) is 0. The van der Waals surface area contributed by atoms with Crippen molar-refractivity contribution >= 4 is 5.97 Å². The minimum Gasteiger partial charge on any atom is -0.481 e. The second-order valence-corrected chi connectivity index (χ2v) is 9.76. The summed E-state index contributed by atoms with van der Waals surface area (Å²) in [5.74, 6) is -1.24. The Morgan fingerprint density at radius 1 is 1.12 bits per heavy atom. The SMILES string of the molecule is CCCCC[C@@](C)(/C=C/[C@@H]1[C@@H](C/C=C\CCCC(=O)O)[C@@H](O)C[C@H]1O)OOCC(N)(CO)CO. The molecule has 0 aliphatic heterocycles. The fraction of sp³-hybridized carbons (Fsp3) is 0.800. The zero-order chi connectivity index (χ0) is 25.6. The third kappa shape index (κ3) is 10.9. The van der Waals surface area contributed by atoms with Crippen LogP contribution in [0.5, 0.6) is 0 Å². The number of hydrogen-bond donors (Lipinski definition) is 6. The van der Waals surface area contributed by atoms with E-state index in [2.05, 4.69) is 6.92 Å². The lowest BCUT2D eigenvalue weighted by molar-refractivity contribution is -0.354. The number of hydrogen-bond acceptors (Lipinski definition) is 8. The van der Waals surface area contributed by atoms with Gasteiger partial charge in [-0.25, -0.2) is 9.78 Å². The van der Waals surface area contributed by atoms with Gasteiger partial charge in [-0.15, -0.1) is 0 Å². The first-order valence-electron chi connectivity index (χ1n) is 12.3. The van der Waals surface area contributed by atoms with Crippen LogP contribution >= 0.6 is 0 Å². The topological polar surface area (TPSA) is 163 Å². The number of aliphatic hydroxyl groups is 4. The number of aliphatic carboxylic acids is 1. The van der Waals surface area contributed by atoms with Crippen LogP contribution in [-0.4, -0.2) is 74.7 Å². The highest BCUT2D eigenvalue weighted by Crippen LogP contribution is 2.37. The van der Waals surface area contributed by atoms with Crippen LogP contribution in [-0.2, 0) is 14.6 Å². The molecule has 0 radical (unpaired) electrons. The van der Waals surface area contributed by atoms with Crippen molar-refractivity contribution in [1.29, 1.82) is 0 Å². The van der Waals surface area contributed by atoms with E-state index in [4.69, 9.17) is 20.6 Å². The van der Waals surface area contributed by atoms with Crippen LogP contribution in [0.2, 0.25) is 0 Å². The molecule has 0 saturated heterocycles. The molecule has 7 N–H and O–H groups in total. The molecule has 9 nitrogen and oxygen atoms in total. The van der Waals surface area contributed by atoms with E-state index in [1.54, 1.807) is 0 Å². The van der Waals surface area contributed by atoms with Crippen LogP contribution in [0.15, 0.2) is 24.3 Å². The number of unbranched alkanes of at least 4 members (excludes halogenated alkanes) is 3. The summed E-state index contributed by atoms with van der Waals surface area (Å²) in [6.07, 6.45) is 12.1. The van der Waals surface area contributed by atoms with Gasteiger partial charge in [0.05, 0.1) is 31.0 Å². The van der Waals surface area contributed by atoms with Gasteiger partial charge in [0.1, 0.15) is 12.2 Å². The maximum atomic E-state index is 10.6. The van der Waals surface area contributed by atoms with Gasteiger partial charge >= 0.3 is 5.97 Å². The third-order valence-corrected chi connectivity index (χ3v) is 6.43. The van der Waals surface area contributed by atoms with Crippen molar-refractivity contribution in [3.8, 4) is 0 Å². The van der Waals surface area contributed by atoms with Crippen LogP contribution in [0.1, 0.15) is 71.6 Å². The zero-order valence-electron chi connectivity index (χ0n) is 20.6. The molecule has 1 aliphatic rings. The van der Waals surface area contributed by atoms with E-state index in [-0.39, 0.29) is 24.9 Å². The molecule has 9 heteroatoms. The summed E-state index contributed by atoms with van der Waals surface area (Å²) in [6, 6.07) is 0. The summed E-state index contributed by atoms with van der Waals surface area (Å²) >= 11 is 0. The van der Waals surface area contributed by atoms with E-state index < -0.39 is 42.5 Å². The van der Waals surface area contributed by atoms with Crippen LogP contribution in [0.4, 0.5) is 0 Å². The number of nitrogens with two attached hydrogens (primary N) is 1. The number of carbonyl (C=O) groups is 1. The summed E-state index contributed by atoms with van der Waals surface area (Å²) in [6.45, 7) is 2.88. The predicted octanol–water partition coefficient (Wildman–Crippen LogP) is 2.07. The van der Waals surface area contributed by atoms with Crippen molar-refractivity contribution in [1.82, 2.24) is 0 Å². The monoisotopic (exact) mass is 487 g/mol. The van der Waals surface area contributed by atoms with Gasteiger partial charge in [0.25, 0.3) is 0 Å². The largest absolute Gasteiger partial charge is 0.481 e. The summed E-state index contributed by atoms with van der Waals surface area (Å²) < 4.78 is 0. The van der Waals surface area contributed by atoms with Crippen molar-refractivity contribution in [3.63, 3.8) is 0 Å². The molecular formula is C25H45NO8. The lowest BCUT2D eigenvalue weighted by atomic mass is 9.87. The minimum atomic E-state index is -1.30. The molecule has 0 amide bonds. The van der Waals surface area contributed by atoms with Crippen LogP contribution in [0.3, 0.4) is 0 Å². The number of carboxylic acid groups (broad SMARTS) is 1. The smallest absolute Gasteiger partial charge is 0.303 e. The maximum Gasteiger partial charge on any atom is 0.303 e. The number of aliphatic hydroxyl groups excluding tert-OH is 4. The van der Waals surface area contributed by atoms with Gasteiger partial charge in [-0.2, -0.15) is 0 Å². The Bertz CT molecular complexity index is 636. The molecule has 0 aromatic heterocycles. The zero-order valence-corrected chi connectivity index (χ0v) is 20.6. The molecule has 34 heavy (non-hydrogen) atoms. The second-order valence-electron chi connectivity index (χ2n) is 9.76. The van der Waals surface area contributed by atoms with Gasteiger partial charge in [0, 0.05) is 18.8 Å². The van der Waals surface area contributed by atoms with Crippen LogP contribution in [0.25, 0.3) is 0 Å². The third-order valence-electron chi connectivity index (χ3n) is 6.43. The highest BCUT2D eigenvalue weighted by Gasteiger charge is 2.40. The summed E-state index contributed by atoms with van der Waals surface area (Å²) in [4.78, 5) is 21.6. The highest BCUT2D eigenvalue weighted by molar-refractivity contribution is 5.66. The maximum absolute atomic E-state index is 10.6. The Balaban J connectivity index is 2.81. The van der Waals surface area contributed by atoms with Gasteiger partial charge in [-0.1, -0.05) is 50.5 Å². The van der Waals surface area contributed by atoms with Crippen molar-refractivity contribution in [2.24, 2.45) is 17.6 Å². The van der Waals surface area contributed by atoms with Crippen LogP contribution < -0.4 is 5.73 Å². The van der Waals surface area contributed by atoms with Crippen molar-refractivity contribution in [3.05, 3.63) is 24.3 Å². The molecule has 0 heterocycles. The van der Waals surface area contributed by atoms with Crippen molar-refractivity contribution < 1.29 is 40.1 Å². The van der Waals surface area contributed by atoms with E-state index in [0.717, 1.165) is 19.3 Å². The van der Waals surface area contributed by atoms with E-state index in [9.17, 15) is 25.2 Å². The minimum absolute atomic E-state index is 0.126. The van der Waals surface area contributed by atoms with Gasteiger partial charge in [0.2, 0.25) is 0 Å². The molecule has 0 unspecified atom stereocenters. The van der Waals surface area contributed by atoms with Gasteiger partial charge in [0.15, 0.2) is 0 Å². The van der Waals surface area contributed by atoms with Crippen molar-refractivity contribution in [2.45, 2.75) is 95.0 Å². The fourth-order valence-corrected chi connectivity index (χ4v) is 4.06. The molecule has 1 fully saturated rings. The normalized spacial score (nSPS) is 25.4. The number of carboxylic acids is 1. The van der Waals surface area contributed by atoms with E-state index in [1.165, 1.54) is 0 Å². The molecule has 1 aliphatic carbocycles. The summed E-state index contributed by atoms with van der Waals surface area (Å²) in [5, 5.41) is 48.4.